The van der Waals surface area contributed by atoms with Gasteiger partial charge in [-0.15, -0.1) is 0 Å². The minimum atomic E-state index is -4.29. The van der Waals surface area contributed by atoms with Crippen molar-refractivity contribution in [1.82, 2.24) is 29.2 Å². The third-order valence-electron chi connectivity index (χ3n) is 11.4. The zero-order valence-corrected chi connectivity index (χ0v) is 35.0. The van der Waals surface area contributed by atoms with E-state index in [1.54, 1.807) is 30.0 Å². The van der Waals surface area contributed by atoms with Gasteiger partial charge < -0.3 is 14.7 Å². The number of nitrogens with zero attached hydrogens (tertiary/aromatic N) is 5. The van der Waals surface area contributed by atoms with E-state index < -0.39 is 15.9 Å². The summed E-state index contributed by atoms with van der Waals surface area (Å²) in [5, 5.41) is 6.52. The maximum Gasteiger partial charge on any atom is 0.275 e. The van der Waals surface area contributed by atoms with Crippen molar-refractivity contribution >= 4 is 50.1 Å². The molecule has 304 valence electrons. The number of sulfonamides is 1. The number of carbonyl (C=O) groups is 3. The van der Waals surface area contributed by atoms with Crippen LogP contribution in [-0.2, 0) is 23.0 Å². The molecule has 0 radical (unpaired) electrons. The number of unbranched alkanes of at least 4 members (excludes halogenated alkanes) is 2. The molecule has 0 bridgehead atoms. The van der Waals surface area contributed by atoms with Crippen LogP contribution >= 0.6 is 11.6 Å². The molecule has 5 aromatic rings. The van der Waals surface area contributed by atoms with Crippen LogP contribution in [0.1, 0.15) is 100 Å². The third-order valence-corrected chi connectivity index (χ3v) is 13.1. The lowest BCUT2D eigenvalue weighted by molar-refractivity contribution is 0.0593. The van der Waals surface area contributed by atoms with Crippen molar-refractivity contribution in [1.29, 1.82) is 0 Å². The molecule has 0 spiro atoms. The van der Waals surface area contributed by atoms with Gasteiger partial charge in [-0.1, -0.05) is 92.9 Å². The largest absolute Gasteiger partial charge is 0.337 e. The summed E-state index contributed by atoms with van der Waals surface area (Å²) in [5.74, 6) is -1.51. The average molecular weight is 823 g/mol. The first-order chi connectivity index (χ1) is 28.0. The molecule has 1 fully saturated rings. The van der Waals surface area contributed by atoms with Gasteiger partial charge in [0, 0.05) is 37.8 Å². The molecule has 1 saturated heterocycles. The standard InChI is InChI=1S/C45H51ClN6O5S/c1-4-6-24-50(25-7-5-2)45(55)42-41(46)31(3)52(47-42)40-21-19-35(43(53)48-58(56,57)38-20-18-32-14-8-9-16-34(32)27-38)28-39(40)44(54)51-29-36-17-11-10-15-33(36)26-37(51)30-49-22-12-13-23-49/h8-11,14-21,27-28,37H,4-7,12-13,22-26,29-30H2,1-3H3,(H,48,53). The minimum Gasteiger partial charge on any atom is -0.337 e. The number of halogens is 1. The monoisotopic (exact) mass is 822 g/mol. The van der Waals surface area contributed by atoms with E-state index in [-0.39, 0.29) is 44.6 Å². The van der Waals surface area contributed by atoms with Gasteiger partial charge in [-0.2, -0.15) is 5.10 Å². The van der Waals surface area contributed by atoms with Crippen molar-refractivity contribution in [2.45, 2.75) is 83.2 Å². The molecule has 0 aliphatic carbocycles. The second-order valence-corrected chi connectivity index (χ2v) is 17.5. The molecule has 3 amide bonds. The summed E-state index contributed by atoms with van der Waals surface area (Å²) in [7, 11) is -4.29. The zero-order valence-electron chi connectivity index (χ0n) is 33.4. The molecule has 3 heterocycles. The van der Waals surface area contributed by atoms with Crippen LogP contribution in [0.3, 0.4) is 0 Å². The molecule has 1 aromatic heterocycles. The summed E-state index contributed by atoms with van der Waals surface area (Å²) in [5.41, 5.74) is 3.21. The first-order valence-electron chi connectivity index (χ1n) is 20.3. The highest BCUT2D eigenvalue weighted by atomic mass is 35.5. The van der Waals surface area contributed by atoms with E-state index in [4.69, 9.17) is 16.7 Å². The van der Waals surface area contributed by atoms with Gasteiger partial charge in [0.15, 0.2) is 5.69 Å². The summed E-state index contributed by atoms with van der Waals surface area (Å²) >= 11 is 6.91. The molecule has 0 saturated carbocycles. The van der Waals surface area contributed by atoms with Crippen molar-refractivity contribution in [3.8, 4) is 5.69 Å². The highest BCUT2D eigenvalue weighted by Gasteiger charge is 2.35. The number of carbonyl (C=O) groups excluding carboxylic acids is 3. The molecule has 58 heavy (non-hydrogen) atoms. The number of amides is 3. The smallest absolute Gasteiger partial charge is 0.275 e. The van der Waals surface area contributed by atoms with Gasteiger partial charge in [0.05, 0.1) is 26.9 Å². The van der Waals surface area contributed by atoms with E-state index in [9.17, 15) is 18.0 Å². The van der Waals surface area contributed by atoms with E-state index in [0.717, 1.165) is 62.6 Å². The summed E-state index contributed by atoms with van der Waals surface area (Å²) in [4.78, 5) is 49.1. The van der Waals surface area contributed by atoms with Crippen molar-refractivity contribution in [3.63, 3.8) is 0 Å². The molecule has 7 rings (SSSR count). The molecule has 4 aromatic carbocycles. The first-order valence-corrected chi connectivity index (χ1v) is 22.2. The van der Waals surface area contributed by atoms with Gasteiger partial charge in [-0.05, 0) is 104 Å². The van der Waals surface area contributed by atoms with Crippen LogP contribution in [0.5, 0.6) is 0 Å². The lowest BCUT2D eigenvalue weighted by Gasteiger charge is -2.39. The molecule has 11 nitrogen and oxygen atoms in total. The average Bonchev–Trinajstić information content (AvgIpc) is 3.86. The topological polar surface area (TPSA) is 125 Å². The van der Waals surface area contributed by atoms with Crippen molar-refractivity contribution < 1.29 is 22.8 Å². The SMILES string of the molecule is CCCCN(CCCC)C(=O)c1nn(-c2ccc(C(=O)NS(=O)(=O)c3ccc4ccccc4c3)cc2C(=O)N2Cc3ccccc3CC2CN2CCCC2)c(C)c1Cl. The second-order valence-electron chi connectivity index (χ2n) is 15.4. The fraction of sp³-hybridized carbons (Fsp3) is 0.378. The van der Waals surface area contributed by atoms with E-state index in [1.165, 1.54) is 34.5 Å². The fourth-order valence-electron chi connectivity index (χ4n) is 8.03. The van der Waals surface area contributed by atoms with Crippen LogP contribution in [0, 0.1) is 6.92 Å². The maximum absolute atomic E-state index is 15.2. The Kier molecular flexibility index (Phi) is 12.7. The molecule has 1 atom stereocenters. The molecule has 1 unspecified atom stereocenters. The Morgan fingerprint density at radius 2 is 1.53 bits per heavy atom. The number of hydrogen-bond acceptors (Lipinski definition) is 7. The number of aromatic nitrogens is 2. The summed E-state index contributed by atoms with van der Waals surface area (Å²) < 4.78 is 30.9. The molecular weight excluding hydrogens is 772 g/mol. The van der Waals surface area contributed by atoms with Crippen molar-refractivity contribution in [2.75, 3.05) is 32.7 Å². The third kappa shape index (κ3) is 8.69. The lowest BCUT2D eigenvalue weighted by atomic mass is 9.92. The van der Waals surface area contributed by atoms with Gasteiger partial charge in [-0.3, -0.25) is 14.4 Å². The Hall–Kier alpha value is -5.04. The fourth-order valence-corrected chi connectivity index (χ4v) is 9.24. The summed E-state index contributed by atoms with van der Waals surface area (Å²) in [6, 6.07) is 24.5. The first kappa shape index (κ1) is 41.1. The molecule has 1 N–H and O–H groups in total. The van der Waals surface area contributed by atoms with Crippen molar-refractivity contribution in [3.05, 3.63) is 124 Å². The van der Waals surface area contributed by atoms with Crippen LogP contribution < -0.4 is 4.72 Å². The van der Waals surface area contributed by atoms with Gasteiger partial charge in [0.1, 0.15) is 0 Å². The highest BCUT2D eigenvalue weighted by Crippen LogP contribution is 2.31. The summed E-state index contributed by atoms with van der Waals surface area (Å²) in [6.07, 6.45) is 6.39. The predicted octanol–water partition coefficient (Wildman–Crippen LogP) is 7.81. The predicted molar refractivity (Wildman–Crippen MR) is 227 cm³/mol. The van der Waals surface area contributed by atoms with Gasteiger partial charge >= 0.3 is 0 Å². The van der Waals surface area contributed by atoms with Crippen LogP contribution in [0.15, 0.2) is 89.8 Å². The number of benzene rings is 4. The van der Waals surface area contributed by atoms with E-state index in [0.29, 0.717) is 49.4 Å². The maximum atomic E-state index is 15.2. The van der Waals surface area contributed by atoms with E-state index >= 15 is 4.79 Å². The van der Waals surface area contributed by atoms with Crippen LogP contribution in [0.25, 0.3) is 16.5 Å². The molecule has 2 aliphatic heterocycles. The molecule has 13 heteroatoms. The number of fused-ring (bicyclic) bond motifs is 2. The Morgan fingerprint density at radius 1 is 0.862 bits per heavy atom. The Morgan fingerprint density at radius 3 is 2.24 bits per heavy atom. The van der Waals surface area contributed by atoms with Crippen LogP contribution in [-0.4, -0.2) is 89.4 Å². The number of likely N-dealkylation sites (tertiary alicyclic amines) is 1. The van der Waals surface area contributed by atoms with Crippen LogP contribution in [0.2, 0.25) is 5.02 Å². The van der Waals surface area contributed by atoms with Crippen molar-refractivity contribution in [2.24, 2.45) is 0 Å². The molecular formula is C45H51ClN6O5S. The summed E-state index contributed by atoms with van der Waals surface area (Å²) in [6.45, 7) is 10.0. The second kappa shape index (κ2) is 17.8. The van der Waals surface area contributed by atoms with Gasteiger partial charge in [-0.25, -0.2) is 17.8 Å². The van der Waals surface area contributed by atoms with Gasteiger partial charge in [0.25, 0.3) is 27.7 Å². The van der Waals surface area contributed by atoms with E-state index in [1.807, 2.05) is 41.3 Å². The zero-order chi connectivity index (χ0) is 41.0. The van der Waals surface area contributed by atoms with E-state index in [2.05, 4.69) is 29.5 Å². The Labute approximate surface area is 346 Å². The van der Waals surface area contributed by atoms with Crippen LogP contribution in [0.4, 0.5) is 0 Å². The molecule has 2 aliphatic rings. The van der Waals surface area contributed by atoms with Gasteiger partial charge in [0.2, 0.25) is 0 Å². The number of hydrogen-bond donors (Lipinski definition) is 1. The number of nitrogens with one attached hydrogen (secondary N) is 1. The quantitative estimate of drug-likeness (QED) is 0.121. The number of rotatable bonds is 14. The Bertz CT molecular complexity index is 2440. The lowest BCUT2D eigenvalue weighted by Crippen LogP contribution is -2.50. The minimum absolute atomic E-state index is 0.0255. The Balaban J connectivity index is 1.29. The highest BCUT2D eigenvalue weighted by molar-refractivity contribution is 7.90. The normalized spacial score (nSPS) is 15.7.